The van der Waals surface area contributed by atoms with Crippen molar-refractivity contribution >= 4 is 43.1 Å². The van der Waals surface area contributed by atoms with Crippen LogP contribution in [0.5, 0.6) is 5.75 Å². The average Bonchev–Trinajstić information content (AvgIpc) is 3.37. The zero-order valence-electron chi connectivity index (χ0n) is 15.0. The fourth-order valence-corrected chi connectivity index (χ4v) is 5.46. The Labute approximate surface area is 169 Å². The smallest absolute Gasteiger partial charge is 0.193 e. The predicted octanol–water partition coefficient (Wildman–Crippen LogP) is 5.20. The van der Waals surface area contributed by atoms with Crippen LogP contribution in [0, 0.1) is 0 Å². The highest BCUT2D eigenvalue weighted by molar-refractivity contribution is 7.20. The molecular weight excluding hydrogens is 388 g/mol. The lowest BCUT2D eigenvalue weighted by atomic mass is 9.94. The van der Waals surface area contributed by atoms with Gasteiger partial charge < -0.3 is 9.84 Å². The van der Waals surface area contributed by atoms with Gasteiger partial charge in [0.25, 0.3) is 0 Å². The molecule has 0 fully saturated rings. The van der Waals surface area contributed by atoms with Gasteiger partial charge in [-0.3, -0.25) is 0 Å². The fourth-order valence-electron chi connectivity index (χ4n) is 3.24. The van der Waals surface area contributed by atoms with Crippen molar-refractivity contribution < 1.29 is 9.84 Å². The van der Waals surface area contributed by atoms with Gasteiger partial charge in [-0.2, -0.15) is 0 Å². The van der Waals surface area contributed by atoms with E-state index in [2.05, 4.69) is 0 Å². The number of ether oxygens (including phenoxy) is 1. The maximum atomic E-state index is 12.1. The van der Waals surface area contributed by atoms with Crippen LogP contribution >= 0.6 is 22.7 Å². The summed E-state index contributed by atoms with van der Waals surface area (Å²) >= 11 is 2.96. The van der Waals surface area contributed by atoms with Gasteiger partial charge >= 0.3 is 0 Å². The van der Waals surface area contributed by atoms with Crippen LogP contribution in [0.3, 0.4) is 0 Å². The summed E-state index contributed by atoms with van der Waals surface area (Å²) in [4.78, 5) is 9.52. The molecule has 0 bridgehead atoms. The number of aliphatic hydroxyl groups is 1. The number of thiazole rings is 2. The number of hydrogen-bond donors (Lipinski definition) is 1. The molecule has 0 saturated carbocycles. The Morgan fingerprint density at radius 1 is 0.786 bits per heavy atom. The minimum absolute atomic E-state index is 0.598. The molecule has 0 aliphatic carbocycles. The Morgan fingerprint density at radius 2 is 1.36 bits per heavy atom. The summed E-state index contributed by atoms with van der Waals surface area (Å²) in [5.41, 5.74) is 0.960. The van der Waals surface area contributed by atoms with Crippen molar-refractivity contribution in [1.29, 1.82) is 0 Å². The normalized spacial score (nSPS) is 11.9. The van der Waals surface area contributed by atoms with E-state index in [1.807, 2.05) is 72.8 Å². The van der Waals surface area contributed by atoms with E-state index >= 15 is 0 Å². The molecule has 0 saturated heterocycles. The number of para-hydroxylation sites is 2. The van der Waals surface area contributed by atoms with Crippen LogP contribution in [0.15, 0.2) is 72.8 Å². The maximum Gasteiger partial charge on any atom is 0.193 e. The Balaban J connectivity index is 1.80. The number of nitrogens with zero attached hydrogens (tertiary/aromatic N) is 2. The van der Waals surface area contributed by atoms with Crippen molar-refractivity contribution in [3.05, 3.63) is 88.4 Å². The summed E-state index contributed by atoms with van der Waals surface area (Å²) in [6.07, 6.45) is 0. The van der Waals surface area contributed by atoms with Crippen molar-refractivity contribution in [1.82, 2.24) is 9.97 Å². The topological polar surface area (TPSA) is 55.2 Å². The summed E-state index contributed by atoms with van der Waals surface area (Å²) < 4.78 is 7.45. The molecule has 4 nitrogen and oxygen atoms in total. The third kappa shape index (κ3) is 2.69. The van der Waals surface area contributed by atoms with Crippen LogP contribution in [-0.2, 0) is 5.60 Å². The molecule has 0 radical (unpaired) electrons. The average molecular weight is 405 g/mol. The minimum Gasteiger partial charge on any atom is -0.497 e. The summed E-state index contributed by atoms with van der Waals surface area (Å²) in [5.74, 6) is 0.679. The van der Waals surface area contributed by atoms with Gasteiger partial charge in [0.15, 0.2) is 5.60 Å². The molecule has 5 rings (SSSR count). The Bertz CT molecular complexity index is 1150. The second kappa shape index (κ2) is 6.67. The standard InChI is InChI=1S/C22H16N2O2S2/c1-26-15-8-6-7-14(13-15)22(25,20-23-16-9-2-4-11-18(16)27-20)21-24-17-10-3-5-12-19(17)28-21/h2-13,25H,1H3. The lowest BCUT2D eigenvalue weighted by Gasteiger charge is -2.24. The van der Waals surface area contributed by atoms with Crippen LogP contribution in [-0.4, -0.2) is 22.2 Å². The molecule has 6 heteroatoms. The first-order valence-electron chi connectivity index (χ1n) is 8.77. The molecule has 1 N–H and O–H groups in total. The van der Waals surface area contributed by atoms with Crippen LogP contribution in [0.25, 0.3) is 20.4 Å². The zero-order valence-corrected chi connectivity index (χ0v) is 16.6. The molecule has 2 aromatic heterocycles. The van der Waals surface area contributed by atoms with Gasteiger partial charge in [-0.1, -0.05) is 36.4 Å². The molecule has 0 amide bonds. The molecular formula is C22H16N2O2S2. The second-order valence-electron chi connectivity index (χ2n) is 6.42. The number of fused-ring (bicyclic) bond motifs is 2. The highest BCUT2D eigenvalue weighted by atomic mass is 32.1. The number of rotatable bonds is 4. The molecule has 138 valence electrons. The minimum atomic E-state index is -1.46. The largest absolute Gasteiger partial charge is 0.497 e. The van der Waals surface area contributed by atoms with E-state index in [0.717, 1.165) is 20.4 Å². The number of aromatic nitrogens is 2. The van der Waals surface area contributed by atoms with E-state index in [9.17, 15) is 5.11 Å². The third-order valence-electron chi connectivity index (χ3n) is 4.69. The Kier molecular flexibility index (Phi) is 4.12. The quantitative estimate of drug-likeness (QED) is 0.447. The fraction of sp³-hybridized carbons (Fsp3) is 0.0909. The molecule has 5 aromatic rings. The summed E-state index contributed by atoms with van der Waals surface area (Å²) in [7, 11) is 1.62. The second-order valence-corrected chi connectivity index (χ2v) is 8.48. The molecule has 2 heterocycles. The predicted molar refractivity (Wildman–Crippen MR) is 114 cm³/mol. The van der Waals surface area contributed by atoms with Crippen molar-refractivity contribution in [2.75, 3.05) is 7.11 Å². The van der Waals surface area contributed by atoms with Gasteiger partial charge in [-0.25, -0.2) is 9.97 Å². The van der Waals surface area contributed by atoms with E-state index in [-0.39, 0.29) is 0 Å². The molecule has 0 aliphatic heterocycles. The molecule has 0 aliphatic rings. The molecule has 28 heavy (non-hydrogen) atoms. The molecule has 0 spiro atoms. The highest BCUT2D eigenvalue weighted by Crippen LogP contribution is 2.43. The van der Waals surface area contributed by atoms with Gasteiger partial charge in [0.1, 0.15) is 15.8 Å². The first-order chi connectivity index (χ1) is 13.7. The van der Waals surface area contributed by atoms with E-state index in [0.29, 0.717) is 21.3 Å². The van der Waals surface area contributed by atoms with E-state index < -0.39 is 5.60 Å². The van der Waals surface area contributed by atoms with Crippen molar-refractivity contribution in [3.63, 3.8) is 0 Å². The molecule has 3 aromatic carbocycles. The molecule has 0 atom stereocenters. The van der Waals surface area contributed by atoms with Crippen LogP contribution in [0.4, 0.5) is 0 Å². The van der Waals surface area contributed by atoms with Gasteiger partial charge in [0.05, 0.1) is 27.5 Å². The number of methoxy groups -OCH3 is 1. The van der Waals surface area contributed by atoms with Crippen molar-refractivity contribution in [3.8, 4) is 5.75 Å². The van der Waals surface area contributed by atoms with E-state index in [4.69, 9.17) is 14.7 Å². The van der Waals surface area contributed by atoms with E-state index in [1.54, 1.807) is 7.11 Å². The monoisotopic (exact) mass is 404 g/mol. The van der Waals surface area contributed by atoms with Gasteiger partial charge in [-0.15, -0.1) is 22.7 Å². The van der Waals surface area contributed by atoms with Crippen molar-refractivity contribution in [2.24, 2.45) is 0 Å². The number of benzene rings is 3. The summed E-state index contributed by atoms with van der Waals surface area (Å²) in [6.45, 7) is 0. The van der Waals surface area contributed by atoms with Gasteiger partial charge in [-0.05, 0) is 36.4 Å². The highest BCUT2D eigenvalue weighted by Gasteiger charge is 2.40. The lowest BCUT2D eigenvalue weighted by molar-refractivity contribution is 0.125. The maximum absolute atomic E-state index is 12.1. The summed E-state index contributed by atoms with van der Waals surface area (Å²) in [5, 5.41) is 13.3. The third-order valence-corrected chi connectivity index (χ3v) is 6.98. The number of hydrogen-bond acceptors (Lipinski definition) is 6. The van der Waals surface area contributed by atoms with Crippen molar-refractivity contribution in [2.45, 2.75) is 5.60 Å². The SMILES string of the molecule is COc1cccc(C(O)(c2nc3ccccc3s2)c2nc3ccccc3s2)c1. The zero-order chi connectivity index (χ0) is 19.1. The lowest BCUT2D eigenvalue weighted by Crippen LogP contribution is -2.28. The van der Waals surface area contributed by atoms with Gasteiger partial charge in [0, 0.05) is 5.56 Å². The summed E-state index contributed by atoms with van der Waals surface area (Å²) in [6, 6.07) is 23.3. The van der Waals surface area contributed by atoms with Crippen LogP contribution < -0.4 is 4.74 Å². The molecule has 0 unspecified atom stereocenters. The van der Waals surface area contributed by atoms with E-state index in [1.165, 1.54) is 22.7 Å². The Morgan fingerprint density at radius 3 is 1.89 bits per heavy atom. The van der Waals surface area contributed by atoms with Gasteiger partial charge in [0.2, 0.25) is 0 Å². The first kappa shape index (κ1) is 17.3. The first-order valence-corrected chi connectivity index (χ1v) is 10.4. The van der Waals surface area contributed by atoms with Crippen LogP contribution in [0.2, 0.25) is 0 Å². The Hall–Kier alpha value is -2.80. The van der Waals surface area contributed by atoms with Crippen LogP contribution in [0.1, 0.15) is 15.6 Å².